The fourth-order valence-corrected chi connectivity index (χ4v) is 10.1. The number of nitrogens with zero attached hydrogens (tertiary/aromatic N) is 1. The number of quaternary nitrogens is 1. The summed E-state index contributed by atoms with van der Waals surface area (Å²) in [5.74, 6) is -2.26. The van der Waals surface area contributed by atoms with E-state index in [2.05, 4.69) is 13.8 Å². The first-order chi connectivity index (χ1) is 36.1. The van der Waals surface area contributed by atoms with E-state index >= 15 is 0 Å². The van der Waals surface area contributed by atoms with Crippen molar-refractivity contribution >= 4 is 17.9 Å². The predicted octanol–water partition coefficient (Wildman–Crippen LogP) is 18.2. The van der Waals surface area contributed by atoms with E-state index in [1.165, 1.54) is 276 Å². The lowest BCUT2D eigenvalue weighted by atomic mass is 10.0. The summed E-state index contributed by atoms with van der Waals surface area (Å²) in [5.41, 5.74) is 0. The van der Waals surface area contributed by atoms with Gasteiger partial charge in [0.15, 0.2) is 12.4 Å². The average Bonchev–Trinajstić information content (AvgIpc) is 3.37. The number of hydrogen-bond donors (Lipinski definition) is 0. The van der Waals surface area contributed by atoms with E-state index in [0.29, 0.717) is 17.4 Å². The number of aliphatic carboxylic acids is 1. The maximum atomic E-state index is 12.8. The summed E-state index contributed by atoms with van der Waals surface area (Å²) in [6, 6.07) is 0. The van der Waals surface area contributed by atoms with Gasteiger partial charge in [0, 0.05) is 12.8 Å². The number of esters is 2. The number of likely N-dealkylation sites (N-methyl/N-ethyl adjacent to an activating group) is 1. The number of carbonyl (C=O) groups is 3. The van der Waals surface area contributed by atoms with Crippen molar-refractivity contribution in [2.45, 2.75) is 354 Å². The molecule has 0 heterocycles. The Bertz CT molecular complexity index is 1180. The van der Waals surface area contributed by atoms with Gasteiger partial charge in [0.25, 0.3) is 0 Å². The van der Waals surface area contributed by atoms with Crippen LogP contribution in [0.5, 0.6) is 0 Å². The second-order valence-corrected chi connectivity index (χ2v) is 23.8. The van der Waals surface area contributed by atoms with E-state index in [4.69, 9.17) is 18.9 Å². The van der Waals surface area contributed by atoms with Crippen molar-refractivity contribution in [3.8, 4) is 0 Å². The molecule has 9 heteroatoms. The zero-order valence-corrected chi connectivity index (χ0v) is 50.3. The number of ether oxygens (including phenoxy) is 4. The highest BCUT2D eigenvalue weighted by molar-refractivity contribution is 5.70. The largest absolute Gasteiger partial charge is 0.545 e. The molecule has 74 heavy (non-hydrogen) atoms. The minimum atomic E-state index is -1.61. The molecule has 0 N–H and O–H groups in total. The number of hydrogen-bond acceptors (Lipinski definition) is 8. The smallest absolute Gasteiger partial charge is 0.306 e. The Hall–Kier alpha value is -1.71. The van der Waals surface area contributed by atoms with Gasteiger partial charge in [0.05, 0.1) is 40.3 Å². The highest BCUT2D eigenvalue weighted by Crippen LogP contribution is 2.19. The number of carboxylic acids is 1. The molecule has 0 aliphatic carbocycles. The molecular weight excluding hydrogens is 923 g/mol. The molecule has 0 aliphatic heterocycles. The minimum absolute atomic E-state index is 0.153. The van der Waals surface area contributed by atoms with Gasteiger partial charge in [0.1, 0.15) is 13.2 Å². The third-order valence-electron chi connectivity index (χ3n) is 15.1. The molecule has 2 atom stereocenters. The molecule has 440 valence electrons. The van der Waals surface area contributed by atoms with Gasteiger partial charge < -0.3 is 33.3 Å². The molecule has 0 rings (SSSR count). The van der Waals surface area contributed by atoms with Crippen LogP contribution in [0, 0.1) is 0 Å². The maximum Gasteiger partial charge on any atom is 0.306 e. The number of carboxylic acid groups (broad SMARTS) is 1. The average molecular weight is 1050 g/mol. The van der Waals surface area contributed by atoms with Gasteiger partial charge >= 0.3 is 11.9 Å². The molecule has 0 bridgehead atoms. The van der Waals surface area contributed by atoms with Crippen molar-refractivity contribution in [2.24, 2.45) is 0 Å². The van der Waals surface area contributed by atoms with Gasteiger partial charge in [-0.3, -0.25) is 9.59 Å². The Morgan fingerprint density at radius 2 is 0.608 bits per heavy atom. The first-order valence-electron chi connectivity index (χ1n) is 32.7. The summed E-state index contributed by atoms with van der Waals surface area (Å²) in [5, 5.41) is 11.7. The van der Waals surface area contributed by atoms with E-state index in [1.807, 2.05) is 21.1 Å². The van der Waals surface area contributed by atoms with E-state index < -0.39 is 24.3 Å². The Kier molecular flexibility index (Phi) is 56.1. The van der Waals surface area contributed by atoms with Gasteiger partial charge in [-0.2, -0.15) is 0 Å². The molecule has 0 aromatic heterocycles. The van der Waals surface area contributed by atoms with Crippen LogP contribution in [-0.2, 0) is 33.3 Å². The van der Waals surface area contributed by atoms with Crippen LogP contribution in [0.25, 0.3) is 0 Å². The minimum Gasteiger partial charge on any atom is -0.545 e. The highest BCUT2D eigenvalue weighted by Gasteiger charge is 2.22. The van der Waals surface area contributed by atoms with Crippen molar-refractivity contribution < 1.29 is 42.9 Å². The molecule has 0 spiro atoms. The highest BCUT2D eigenvalue weighted by atomic mass is 16.7. The van der Waals surface area contributed by atoms with E-state index in [9.17, 15) is 19.5 Å². The summed E-state index contributed by atoms with van der Waals surface area (Å²) in [7, 11) is 5.93. The molecule has 0 fully saturated rings. The van der Waals surface area contributed by atoms with Crippen LogP contribution in [-0.4, -0.2) is 82.3 Å². The van der Waals surface area contributed by atoms with Crippen molar-refractivity contribution in [1.82, 2.24) is 0 Å². The van der Waals surface area contributed by atoms with Gasteiger partial charge in [-0.1, -0.05) is 316 Å². The van der Waals surface area contributed by atoms with Gasteiger partial charge in [-0.05, 0) is 12.8 Å². The van der Waals surface area contributed by atoms with E-state index in [1.54, 1.807) is 0 Å². The fraction of sp³-hybridized carbons (Fsp3) is 0.954. The molecule has 9 nitrogen and oxygen atoms in total. The number of rotatable bonds is 62. The Balaban J connectivity index is 3.75. The normalized spacial score (nSPS) is 12.6. The van der Waals surface area contributed by atoms with Gasteiger partial charge in [-0.25, -0.2) is 0 Å². The molecule has 0 aromatic rings. The molecule has 2 unspecified atom stereocenters. The van der Waals surface area contributed by atoms with Crippen LogP contribution in [0.1, 0.15) is 341 Å². The fourth-order valence-electron chi connectivity index (χ4n) is 10.1. The molecule has 0 aliphatic rings. The van der Waals surface area contributed by atoms with Crippen LogP contribution in [0.3, 0.4) is 0 Å². The van der Waals surface area contributed by atoms with E-state index in [-0.39, 0.29) is 32.2 Å². The quantitative estimate of drug-likeness (QED) is 0.0256. The van der Waals surface area contributed by atoms with Crippen molar-refractivity contribution in [2.75, 3.05) is 47.5 Å². The van der Waals surface area contributed by atoms with Gasteiger partial charge in [-0.15, -0.1) is 0 Å². The number of carbonyl (C=O) groups excluding carboxylic acids is 3. The van der Waals surface area contributed by atoms with Crippen LogP contribution >= 0.6 is 0 Å². The lowest BCUT2D eigenvalue weighted by Gasteiger charge is -2.26. The van der Waals surface area contributed by atoms with Crippen LogP contribution < -0.4 is 5.11 Å². The summed E-state index contributed by atoms with van der Waals surface area (Å²) in [4.78, 5) is 37.0. The maximum absolute atomic E-state index is 12.8. The van der Waals surface area contributed by atoms with Crippen LogP contribution in [0.15, 0.2) is 0 Å². The lowest BCUT2D eigenvalue weighted by molar-refractivity contribution is -0.870. The second kappa shape index (κ2) is 57.5. The third-order valence-corrected chi connectivity index (χ3v) is 15.1. The molecule has 0 radical (unpaired) electrons. The Morgan fingerprint density at radius 1 is 0.351 bits per heavy atom. The van der Waals surface area contributed by atoms with Crippen LogP contribution in [0.2, 0.25) is 0 Å². The SMILES string of the molecule is CCCCCCCCCCCCCCCCCCCCCCCCCCCCCCCCCCCCCCCCCCCC(=O)OC(COC(=O)CCCCCCCCCC)COC(OCC[N+](C)(C)C)C(=O)[O-]. The monoisotopic (exact) mass is 1050 g/mol. The molecule has 0 saturated carbocycles. The third kappa shape index (κ3) is 58.0. The first-order valence-corrected chi connectivity index (χ1v) is 32.7. The molecule has 0 amide bonds. The van der Waals surface area contributed by atoms with Crippen LogP contribution in [0.4, 0.5) is 0 Å². The lowest BCUT2D eigenvalue weighted by Crippen LogP contribution is -2.44. The molecule has 0 saturated heterocycles. The number of unbranched alkanes of at least 4 members (excludes halogenated alkanes) is 47. The van der Waals surface area contributed by atoms with Crippen molar-refractivity contribution in [3.63, 3.8) is 0 Å². The first kappa shape index (κ1) is 72.3. The second-order valence-electron chi connectivity index (χ2n) is 23.8. The zero-order chi connectivity index (χ0) is 54.1. The van der Waals surface area contributed by atoms with Crippen molar-refractivity contribution in [1.29, 1.82) is 0 Å². The summed E-state index contributed by atoms with van der Waals surface area (Å²) >= 11 is 0. The topological polar surface area (TPSA) is 111 Å². The van der Waals surface area contributed by atoms with Gasteiger partial charge in [0.2, 0.25) is 0 Å². The predicted molar refractivity (Wildman–Crippen MR) is 311 cm³/mol. The summed E-state index contributed by atoms with van der Waals surface area (Å²) < 4.78 is 22.6. The Labute approximate surface area is 460 Å². The standard InChI is InChI=1S/C65H127NO8/c1-6-8-10-12-14-16-17-18-19-20-21-22-23-24-25-26-27-28-29-30-31-32-33-34-35-36-37-38-39-40-41-42-43-44-45-46-47-48-50-52-54-56-63(68)74-61(60-73-65(64(69)70)71-58-57-66(3,4)5)59-72-62(67)55-53-51-49-15-13-11-9-7-2/h61,65H,6-60H2,1-5H3. The summed E-state index contributed by atoms with van der Waals surface area (Å²) in [6.45, 7) is 4.76. The zero-order valence-electron chi connectivity index (χ0n) is 50.3. The Morgan fingerprint density at radius 3 is 0.865 bits per heavy atom. The molecule has 0 aromatic carbocycles. The van der Waals surface area contributed by atoms with Crippen molar-refractivity contribution in [3.05, 3.63) is 0 Å². The summed E-state index contributed by atoms with van der Waals surface area (Å²) in [6.07, 6.45) is 63.9. The van der Waals surface area contributed by atoms with E-state index in [0.717, 1.165) is 38.5 Å². The molecular formula is C65H127NO8.